The first-order valence-electron chi connectivity index (χ1n) is 8.43. The van der Waals surface area contributed by atoms with Crippen LogP contribution in [0.4, 0.5) is 0 Å². The van der Waals surface area contributed by atoms with Gasteiger partial charge >= 0.3 is 0 Å². The van der Waals surface area contributed by atoms with Gasteiger partial charge in [-0.25, -0.2) is 0 Å². The van der Waals surface area contributed by atoms with Gasteiger partial charge in [-0.1, -0.05) is 27.7 Å². The largest absolute Gasteiger partial charge is 0.356 e. The highest BCUT2D eigenvalue weighted by atomic mass is 16.7. The fraction of sp³-hybridized carbons (Fsp3) is 1.00. The van der Waals surface area contributed by atoms with Crippen LogP contribution in [-0.4, -0.2) is 19.5 Å². The van der Waals surface area contributed by atoms with Crippen molar-refractivity contribution in [3.8, 4) is 0 Å². The zero-order chi connectivity index (χ0) is 14.8. The van der Waals surface area contributed by atoms with Crippen LogP contribution in [0.3, 0.4) is 0 Å². The molecule has 1 spiro atoms. The van der Waals surface area contributed by atoms with Gasteiger partial charge in [-0.05, 0) is 67.1 Å². The Morgan fingerprint density at radius 3 is 2.40 bits per heavy atom. The van der Waals surface area contributed by atoms with Gasteiger partial charge in [0, 0.05) is 7.11 Å². The molecule has 3 aliphatic rings. The molecule has 0 aromatic carbocycles. The number of rotatable bonds is 3. The first-order chi connectivity index (χ1) is 9.24. The van der Waals surface area contributed by atoms with Crippen LogP contribution in [0.2, 0.25) is 0 Å². The summed E-state index contributed by atoms with van der Waals surface area (Å²) >= 11 is 0. The van der Waals surface area contributed by atoms with Crippen molar-refractivity contribution in [1.29, 1.82) is 0 Å². The predicted octanol–water partition coefficient (Wildman–Crippen LogP) is 4.63. The number of hydrogen-bond donors (Lipinski definition) is 0. The van der Waals surface area contributed by atoms with Crippen LogP contribution in [0.25, 0.3) is 0 Å². The lowest BCUT2D eigenvalue weighted by Gasteiger charge is -2.58. The topological polar surface area (TPSA) is 18.5 Å². The van der Waals surface area contributed by atoms with Crippen molar-refractivity contribution in [2.75, 3.05) is 7.11 Å². The van der Waals surface area contributed by atoms with Crippen molar-refractivity contribution in [3.05, 3.63) is 0 Å². The Morgan fingerprint density at radius 2 is 1.75 bits per heavy atom. The van der Waals surface area contributed by atoms with Gasteiger partial charge in [0.2, 0.25) is 0 Å². The average molecular weight is 280 g/mol. The molecule has 0 aromatic rings. The van der Waals surface area contributed by atoms with Crippen molar-refractivity contribution in [1.82, 2.24) is 0 Å². The molecule has 2 nitrogen and oxygen atoms in total. The fourth-order valence-electron chi connectivity index (χ4n) is 6.20. The second-order valence-electron chi connectivity index (χ2n) is 8.80. The summed E-state index contributed by atoms with van der Waals surface area (Å²) in [5.41, 5.74) is 1.40. The summed E-state index contributed by atoms with van der Waals surface area (Å²) in [5.74, 6) is 1.60. The van der Waals surface area contributed by atoms with E-state index in [1.165, 1.54) is 32.1 Å². The summed E-state index contributed by atoms with van der Waals surface area (Å²) in [6.07, 6.45) is 7.08. The second kappa shape index (κ2) is 4.46. The van der Waals surface area contributed by atoms with Gasteiger partial charge in [0.15, 0.2) is 6.29 Å². The minimum Gasteiger partial charge on any atom is -0.356 e. The Kier molecular flexibility index (Phi) is 3.31. The summed E-state index contributed by atoms with van der Waals surface area (Å²) in [7, 11) is 1.75. The number of methoxy groups -OCH3 is 1. The lowest BCUT2D eigenvalue weighted by Crippen LogP contribution is -2.55. The van der Waals surface area contributed by atoms with Crippen molar-refractivity contribution >= 4 is 0 Å². The molecule has 3 rings (SSSR count). The summed E-state index contributed by atoms with van der Waals surface area (Å²) < 4.78 is 11.7. The van der Waals surface area contributed by atoms with Gasteiger partial charge in [0.25, 0.3) is 0 Å². The molecule has 3 saturated carbocycles. The normalized spacial score (nSPS) is 46.2. The molecule has 0 aromatic heterocycles. The summed E-state index contributed by atoms with van der Waals surface area (Å²) in [4.78, 5) is 0. The fourth-order valence-corrected chi connectivity index (χ4v) is 6.20. The van der Waals surface area contributed by atoms with E-state index in [4.69, 9.17) is 9.47 Å². The maximum Gasteiger partial charge on any atom is 0.154 e. The molecular weight excluding hydrogens is 248 g/mol. The Balaban J connectivity index is 1.95. The first-order valence-corrected chi connectivity index (χ1v) is 8.43. The smallest absolute Gasteiger partial charge is 0.154 e. The van der Waals surface area contributed by atoms with Crippen LogP contribution in [0.5, 0.6) is 0 Å². The number of fused-ring (bicyclic) bond motifs is 1. The van der Waals surface area contributed by atoms with Crippen molar-refractivity contribution < 1.29 is 9.47 Å². The zero-order valence-electron chi connectivity index (χ0n) is 14.2. The van der Waals surface area contributed by atoms with Gasteiger partial charge in [-0.3, -0.25) is 0 Å². The van der Waals surface area contributed by atoms with E-state index < -0.39 is 0 Å². The van der Waals surface area contributed by atoms with Gasteiger partial charge < -0.3 is 9.47 Å². The summed E-state index contributed by atoms with van der Waals surface area (Å²) in [6, 6.07) is 0. The summed E-state index contributed by atoms with van der Waals surface area (Å²) in [5, 5.41) is 0. The third-order valence-electron chi connectivity index (χ3n) is 7.47. The lowest BCUT2D eigenvalue weighted by molar-refractivity contribution is -0.217. The summed E-state index contributed by atoms with van der Waals surface area (Å²) in [6.45, 7) is 12.1. The molecule has 0 heterocycles. The van der Waals surface area contributed by atoms with E-state index in [2.05, 4.69) is 27.7 Å². The Labute approximate surface area is 124 Å². The molecular formula is C18H32O2. The molecule has 116 valence electrons. The molecule has 20 heavy (non-hydrogen) atoms. The zero-order valence-corrected chi connectivity index (χ0v) is 14.2. The van der Waals surface area contributed by atoms with E-state index in [0.717, 1.165) is 5.92 Å². The van der Waals surface area contributed by atoms with E-state index in [0.29, 0.717) is 28.3 Å². The van der Waals surface area contributed by atoms with Crippen LogP contribution in [0.1, 0.15) is 66.7 Å². The standard InChI is InChI=1S/C18H32O2/c1-12(19-6)20-14-8-9-16(2,3)18-10-7-13(11-18)17(4,5)15(14)18/h12-15H,7-11H2,1-6H3. The van der Waals surface area contributed by atoms with E-state index in [1.807, 2.05) is 6.92 Å². The van der Waals surface area contributed by atoms with Crippen molar-refractivity contribution in [3.63, 3.8) is 0 Å². The van der Waals surface area contributed by atoms with Gasteiger partial charge in [-0.2, -0.15) is 0 Å². The maximum absolute atomic E-state index is 6.31. The van der Waals surface area contributed by atoms with Crippen LogP contribution in [0, 0.1) is 28.1 Å². The average Bonchev–Trinajstić information content (AvgIpc) is 2.89. The van der Waals surface area contributed by atoms with Crippen molar-refractivity contribution in [2.45, 2.75) is 79.1 Å². The first kappa shape index (κ1) is 14.8. The maximum atomic E-state index is 6.31. The molecule has 2 bridgehead atoms. The number of hydrogen-bond acceptors (Lipinski definition) is 2. The van der Waals surface area contributed by atoms with E-state index >= 15 is 0 Å². The third kappa shape index (κ3) is 1.76. The van der Waals surface area contributed by atoms with Gasteiger partial charge in [0.05, 0.1) is 6.10 Å². The highest BCUT2D eigenvalue weighted by Crippen LogP contribution is 2.75. The van der Waals surface area contributed by atoms with Crippen LogP contribution >= 0.6 is 0 Å². The third-order valence-corrected chi connectivity index (χ3v) is 7.47. The molecule has 0 saturated heterocycles. The van der Waals surface area contributed by atoms with Crippen LogP contribution < -0.4 is 0 Å². The Morgan fingerprint density at radius 1 is 1.05 bits per heavy atom. The molecule has 2 heteroatoms. The Bertz CT molecular complexity index is 387. The molecule has 3 fully saturated rings. The molecule has 3 aliphatic carbocycles. The molecule has 0 aliphatic heterocycles. The molecule has 0 amide bonds. The minimum atomic E-state index is -0.0758. The molecule has 0 N–H and O–H groups in total. The number of ether oxygens (including phenoxy) is 2. The highest BCUT2D eigenvalue weighted by molar-refractivity contribution is 5.18. The monoisotopic (exact) mass is 280 g/mol. The van der Waals surface area contributed by atoms with E-state index in [-0.39, 0.29) is 6.29 Å². The molecule has 0 radical (unpaired) electrons. The van der Waals surface area contributed by atoms with Crippen LogP contribution in [-0.2, 0) is 9.47 Å². The molecule has 5 unspecified atom stereocenters. The lowest BCUT2D eigenvalue weighted by atomic mass is 9.48. The van der Waals surface area contributed by atoms with Gasteiger partial charge in [0.1, 0.15) is 0 Å². The van der Waals surface area contributed by atoms with Crippen LogP contribution in [0.15, 0.2) is 0 Å². The highest BCUT2D eigenvalue weighted by Gasteiger charge is 2.69. The van der Waals surface area contributed by atoms with E-state index in [9.17, 15) is 0 Å². The Hall–Kier alpha value is -0.0800. The SMILES string of the molecule is COC(C)OC1CCC(C)(C)C23CCC(C2)C(C)(C)C13. The quantitative estimate of drug-likeness (QED) is 0.702. The van der Waals surface area contributed by atoms with Gasteiger partial charge in [-0.15, -0.1) is 0 Å². The molecule has 5 atom stereocenters. The van der Waals surface area contributed by atoms with E-state index in [1.54, 1.807) is 7.11 Å². The minimum absolute atomic E-state index is 0.0758. The second-order valence-corrected chi connectivity index (χ2v) is 8.80. The predicted molar refractivity (Wildman–Crippen MR) is 81.4 cm³/mol. The van der Waals surface area contributed by atoms with Crippen molar-refractivity contribution in [2.24, 2.45) is 28.1 Å².